The largest absolute Gasteiger partial charge is 0.245 e. The molecule has 6 heteroatoms. The molecule has 2 rings (SSSR count). The van der Waals surface area contributed by atoms with Gasteiger partial charge in [0.1, 0.15) is 5.01 Å². The maximum atomic E-state index is 11.3. The summed E-state index contributed by atoms with van der Waals surface area (Å²) in [5, 5.41) is 7.55. The Labute approximate surface area is 91.4 Å². The summed E-state index contributed by atoms with van der Waals surface area (Å²) in [6.45, 7) is 0. The van der Waals surface area contributed by atoms with Gasteiger partial charge in [-0.05, 0) is 6.07 Å². The van der Waals surface area contributed by atoms with Gasteiger partial charge in [0.25, 0.3) is 0 Å². The van der Waals surface area contributed by atoms with Gasteiger partial charge in [-0.1, -0.05) is 18.2 Å². The van der Waals surface area contributed by atoms with Crippen molar-refractivity contribution in [3.05, 3.63) is 35.8 Å². The minimum absolute atomic E-state index is 0.111. The molecule has 0 saturated carbocycles. The Hall–Kier alpha value is -1.24. The molecule has 1 aromatic carbocycles. The molecule has 78 valence electrons. The van der Waals surface area contributed by atoms with E-state index >= 15 is 0 Å². The molecular formula is C9H8N2O2S2. The van der Waals surface area contributed by atoms with Gasteiger partial charge in [-0.2, -0.15) is 0 Å². The third kappa shape index (κ3) is 2.06. The number of aromatic nitrogens is 1. The fourth-order valence-electron chi connectivity index (χ4n) is 1.25. The van der Waals surface area contributed by atoms with E-state index in [9.17, 15) is 8.42 Å². The van der Waals surface area contributed by atoms with Gasteiger partial charge in [-0.15, -0.1) is 11.3 Å². The molecule has 15 heavy (non-hydrogen) atoms. The second-order valence-electron chi connectivity index (χ2n) is 2.88. The second-order valence-corrected chi connectivity index (χ2v) is 5.30. The molecule has 0 atom stereocenters. The van der Waals surface area contributed by atoms with E-state index < -0.39 is 10.0 Å². The molecular weight excluding hydrogens is 232 g/mol. The number of primary sulfonamides is 1. The number of hydrogen-bond donors (Lipinski definition) is 1. The summed E-state index contributed by atoms with van der Waals surface area (Å²) in [4.78, 5) is 4.17. The minimum atomic E-state index is -3.69. The van der Waals surface area contributed by atoms with Gasteiger partial charge >= 0.3 is 0 Å². The van der Waals surface area contributed by atoms with Gasteiger partial charge in [0.15, 0.2) is 0 Å². The van der Waals surface area contributed by atoms with E-state index in [2.05, 4.69) is 4.98 Å². The Bertz CT molecular complexity index is 562. The number of benzene rings is 1. The van der Waals surface area contributed by atoms with Crippen molar-refractivity contribution >= 4 is 21.4 Å². The average molecular weight is 240 g/mol. The number of nitrogens with two attached hydrogens (primary N) is 1. The number of nitrogens with zero attached hydrogens (tertiary/aromatic N) is 1. The number of hydrogen-bond acceptors (Lipinski definition) is 4. The van der Waals surface area contributed by atoms with Crippen LogP contribution in [-0.2, 0) is 10.0 Å². The van der Waals surface area contributed by atoms with Crippen molar-refractivity contribution in [3.8, 4) is 10.6 Å². The van der Waals surface area contributed by atoms with Crippen molar-refractivity contribution in [2.24, 2.45) is 5.14 Å². The smallest absolute Gasteiger partial charge is 0.238 e. The van der Waals surface area contributed by atoms with Crippen molar-refractivity contribution in [1.82, 2.24) is 4.98 Å². The Morgan fingerprint density at radius 1 is 1.27 bits per heavy atom. The SMILES string of the molecule is NS(=O)(=O)c1ccccc1-c1nccs1. The molecule has 2 N–H and O–H groups in total. The van der Waals surface area contributed by atoms with Crippen molar-refractivity contribution in [1.29, 1.82) is 0 Å². The summed E-state index contributed by atoms with van der Waals surface area (Å²) in [5.74, 6) is 0. The third-order valence-electron chi connectivity index (χ3n) is 1.86. The topological polar surface area (TPSA) is 73.1 Å². The lowest BCUT2D eigenvalue weighted by Gasteiger charge is -2.03. The number of thiazole rings is 1. The Morgan fingerprint density at radius 2 is 2.00 bits per heavy atom. The normalized spacial score (nSPS) is 11.5. The van der Waals surface area contributed by atoms with Crippen LogP contribution in [0.1, 0.15) is 0 Å². The van der Waals surface area contributed by atoms with Crippen LogP contribution in [0.3, 0.4) is 0 Å². The van der Waals surface area contributed by atoms with Gasteiger partial charge in [-0.25, -0.2) is 18.5 Å². The van der Waals surface area contributed by atoms with E-state index in [0.29, 0.717) is 10.6 Å². The third-order valence-corrected chi connectivity index (χ3v) is 3.63. The first-order chi connectivity index (χ1) is 7.09. The first-order valence-electron chi connectivity index (χ1n) is 4.11. The zero-order chi connectivity index (χ0) is 10.9. The predicted octanol–water partition coefficient (Wildman–Crippen LogP) is 1.46. The first kappa shape index (κ1) is 10.3. The zero-order valence-corrected chi connectivity index (χ0v) is 9.25. The summed E-state index contributed by atoms with van der Waals surface area (Å²) in [7, 11) is -3.69. The molecule has 1 aromatic heterocycles. The molecule has 2 aromatic rings. The monoisotopic (exact) mass is 240 g/mol. The lowest BCUT2D eigenvalue weighted by atomic mass is 10.2. The molecule has 4 nitrogen and oxygen atoms in total. The van der Waals surface area contributed by atoms with Crippen LogP contribution in [0.25, 0.3) is 10.6 Å². The lowest BCUT2D eigenvalue weighted by molar-refractivity contribution is 0.598. The Morgan fingerprint density at radius 3 is 2.60 bits per heavy atom. The number of rotatable bonds is 2. The standard InChI is InChI=1S/C9H8N2O2S2/c10-15(12,13)8-4-2-1-3-7(8)9-11-5-6-14-9/h1-6H,(H2,10,12,13). The van der Waals surface area contributed by atoms with Gasteiger partial charge in [-0.3, -0.25) is 0 Å². The highest BCUT2D eigenvalue weighted by molar-refractivity contribution is 7.89. The molecule has 0 fully saturated rings. The maximum Gasteiger partial charge on any atom is 0.238 e. The van der Waals surface area contributed by atoms with Crippen LogP contribution in [0.2, 0.25) is 0 Å². The molecule has 0 aliphatic heterocycles. The van der Waals surface area contributed by atoms with Crippen LogP contribution in [-0.4, -0.2) is 13.4 Å². The molecule has 1 heterocycles. The van der Waals surface area contributed by atoms with E-state index in [1.165, 1.54) is 17.4 Å². The van der Waals surface area contributed by atoms with Crippen LogP contribution in [0.15, 0.2) is 40.7 Å². The average Bonchev–Trinajstić information content (AvgIpc) is 2.69. The fourth-order valence-corrected chi connectivity index (χ4v) is 2.73. The molecule has 0 amide bonds. The molecule has 0 spiro atoms. The molecule has 0 radical (unpaired) electrons. The summed E-state index contributed by atoms with van der Waals surface area (Å²) < 4.78 is 22.6. The first-order valence-corrected chi connectivity index (χ1v) is 6.53. The Kier molecular flexibility index (Phi) is 2.56. The summed E-state index contributed by atoms with van der Waals surface area (Å²) in [5.41, 5.74) is 0.551. The van der Waals surface area contributed by atoms with Crippen molar-refractivity contribution < 1.29 is 8.42 Å². The van der Waals surface area contributed by atoms with Crippen molar-refractivity contribution in [3.63, 3.8) is 0 Å². The summed E-state index contributed by atoms with van der Waals surface area (Å²) >= 11 is 1.38. The van der Waals surface area contributed by atoms with E-state index in [1.54, 1.807) is 29.8 Å². The highest BCUT2D eigenvalue weighted by atomic mass is 32.2. The zero-order valence-electron chi connectivity index (χ0n) is 7.62. The predicted molar refractivity (Wildman–Crippen MR) is 58.9 cm³/mol. The minimum Gasteiger partial charge on any atom is -0.245 e. The lowest BCUT2D eigenvalue weighted by Crippen LogP contribution is -2.13. The molecule has 0 unspecified atom stereocenters. The summed E-state index contributed by atoms with van der Waals surface area (Å²) in [6.07, 6.45) is 1.62. The van der Waals surface area contributed by atoms with Crippen molar-refractivity contribution in [2.45, 2.75) is 4.90 Å². The van der Waals surface area contributed by atoms with Gasteiger partial charge in [0.05, 0.1) is 4.90 Å². The summed E-state index contributed by atoms with van der Waals surface area (Å²) in [6, 6.07) is 6.56. The van der Waals surface area contributed by atoms with E-state index in [0.717, 1.165) is 0 Å². The van der Waals surface area contributed by atoms with E-state index in [-0.39, 0.29) is 4.90 Å². The molecule has 0 aliphatic rings. The van der Waals surface area contributed by atoms with Crippen LogP contribution >= 0.6 is 11.3 Å². The van der Waals surface area contributed by atoms with Crippen LogP contribution in [0, 0.1) is 0 Å². The van der Waals surface area contributed by atoms with Gasteiger partial charge in [0, 0.05) is 17.1 Å². The highest BCUT2D eigenvalue weighted by Crippen LogP contribution is 2.27. The molecule has 0 aliphatic carbocycles. The van der Waals surface area contributed by atoms with Gasteiger partial charge in [0.2, 0.25) is 10.0 Å². The van der Waals surface area contributed by atoms with E-state index in [4.69, 9.17) is 5.14 Å². The molecule has 0 bridgehead atoms. The van der Waals surface area contributed by atoms with E-state index in [1.807, 2.05) is 0 Å². The fraction of sp³-hybridized carbons (Fsp3) is 0. The highest BCUT2D eigenvalue weighted by Gasteiger charge is 2.15. The molecule has 0 saturated heterocycles. The number of sulfonamides is 1. The van der Waals surface area contributed by atoms with Crippen LogP contribution in [0.4, 0.5) is 0 Å². The van der Waals surface area contributed by atoms with Crippen molar-refractivity contribution in [2.75, 3.05) is 0 Å². The quantitative estimate of drug-likeness (QED) is 0.863. The Balaban J connectivity index is 2.68. The second kappa shape index (κ2) is 3.73. The van der Waals surface area contributed by atoms with Crippen LogP contribution < -0.4 is 5.14 Å². The van der Waals surface area contributed by atoms with Gasteiger partial charge < -0.3 is 0 Å². The van der Waals surface area contributed by atoms with Crippen LogP contribution in [0.5, 0.6) is 0 Å². The maximum absolute atomic E-state index is 11.3.